The van der Waals surface area contributed by atoms with E-state index in [9.17, 15) is 0 Å². The first-order valence-corrected chi connectivity index (χ1v) is 7.91. The maximum absolute atomic E-state index is 5.68. The third-order valence-corrected chi connectivity index (χ3v) is 6.24. The summed E-state index contributed by atoms with van der Waals surface area (Å²) in [6.45, 7) is 14.5. The highest BCUT2D eigenvalue weighted by Gasteiger charge is 2.32. The van der Waals surface area contributed by atoms with Crippen molar-refractivity contribution in [2.45, 2.75) is 51.9 Å². The first kappa shape index (κ1) is 15.5. The van der Waals surface area contributed by atoms with E-state index in [0.717, 1.165) is 5.70 Å². The Hall–Kier alpha value is -0.590. The van der Waals surface area contributed by atoms with Crippen LogP contribution in [0.2, 0.25) is 0 Å². The molecule has 1 aliphatic rings. The van der Waals surface area contributed by atoms with Crippen LogP contribution in [0.25, 0.3) is 0 Å². The molecule has 102 valence electrons. The molecule has 0 spiro atoms. The van der Waals surface area contributed by atoms with E-state index in [4.69, 9.17) is 5.73 Å². The van der Waals surface area contributed by atoms with Crippen LogP contribution in [-0.4, -0.2) is 16.9 Å². The Morgan fingerprint density at radius 3 is 2.17 bits per heavy atom. The van der Waals surface area contributed by atoms with Gasteiger partial charge in [0.05, 0.1) is 0 Å². The Morgan fingerprint density at radius 2 is 1.72 bits per heavy atom. The van der Waals surface area contributed by atoms with Crippen molar-refractivity contribution in [1.29, 1.82) is 0 Å². The smallest absolute Gasteiger partial charge is 0.0387 e. The first-order chi connectivity index (χ1) is 8.14. The number of hydrogen-bond acceptors (Lipinski definition) is 2. The molecule has 1 heterocycles. The molecule has 18 heavy (non-hydrogen) atoms. The van der Waals surface area contributed by atoms with Crippen LogP contribution in [-0.2, 0) is 0 Å². The average Bonchev–Trinajstić information content (AvgIpc) is 2.23. The fourth-order valence-corrected chi connectivity index (χ4v) is 5.48. The summed E-state index contributed by atoms with van der Waals surface area (Å²) in [5.74, 6) is 2.41. The topological polar surface area (TPSA) is 38.0 Å². The van der Waals surface area contributed by atoms with Crippen LogP contribution in [0.15, 0.2) is 35.4 Å². The molecular weight excluding hydrogens is 239 g/mol. The van der Waals surface area contributed by atoms with Gasteiger partial charge in [0.25, 0.3) is 0 Å². The van der Waals surface area contributed by atoms with Crippen LogP contribution >= 0.6 is 7.92 Å². The Balaban J connectivity index is 2.98. The number of nitrogens with two attached hydrogens (primary N) is 1. The van der Waals surface area contributed by atoms with Gasteiger partial charge in [-0.15, -0.1) is 0 Å². The van der Waals surface area contributed by atoms with Gasteiger partial charge < -0.3 is 11.1 Å². The van der Waals surface area contributed by atoms with Crippen LogP contribution < -0.4 is 11.1 Å². The molecule has 0 amide bonds. The molecule has 0 saturated heterocycles. The highest BCUT2D eigenvalue weighted by molar-refractivity contribution is 7.64. The maximum atomic E-state index is 5.68. The molecule has 0 aliphatic carbocycles. The number of rotatable bonds is 2. The molecule has 0 fully saturated rings. The van der Waals surface area contributed by atoms with Gasteiger partial charge in [0.2, 0.25) is 0 Å². The van der Waals surface area contributed by atoms with Gasteiger partial charge in [-0.1, -0.05) is 55.5 Å². The van der Waals surface area contributed by atoms with Gasteiger partial charge in [-0.3, -0.25) is 0 Å². The third-order valence-electron chi connectivity index (χ3n) is 2.81. The van der Waals surface area contributed by atoms with Crippen molar-refractivity contribution < 1.29 is 0 Å². The van der Waals surface area contributed by atoms with Crippen LogP contribution in [0.5, 0.6) is 0 Å². The quantitative estimate of drug-likeness (QED) is 0.744. The standard InChI is InChI=1S/C15H27N2P/c1-14(2,3)18(15(4,5)6)11-13-9-7-8-12(10-16)17-13/h7-9,11,17H,10,16H2,1-6H3/b13-11-. The van der Waals surface area contributed by atoms with Crippen LogP contribution in [0.4, 0.5) is 0 Å². The summed E-state index contributed by atoms with van der Waals surface area (Å²) < 4.78 is 0. The molecule has 1 aliphatic heterocycles. The molecule has 0 radical (unpaired) electrons. The molecule has 0 aromatic carbocycles. The second-order valence-corrected chi connectivity index (χ2v) is 10.4. The van der Waals surface area contributed by atoms with Gasteiger partial charge in [0.1, 0.15) is 0 Å². The molecule has 1 rings (SSSR count). The largest absolute Gasteiger partial charge is 0.358 e. The summed E-state index contributed by atoms with van der Waals surface area (Å²) in [5.41, 5.74) is 7.95. The Kier molecular flexibility index (Phi) is 4.80. The molecular formula is C15H27N2P. The van der Waals surface area contributed by atoms with Crippen LogP contribution in [0.1, 0.15) is 41.5 Å². The van der Waals surface area contributed by atoms with Crippen molar-refractivity contribution in [2.24, 2.45) is 5.73 Å². The van der Waals surface area contributed by atoms with Gasteiger partial charge in [0.15, 0.2) is 0 Å². The zero-order valence-electron chi connectivity index (χ0n) is 12.5. The minimum absolute atomic E-state index is 0.233. The lowest BCUT2D eigenvalue weighted by Gasteiger charge is -2.40. The van der Waals surface area contributed by atoms with Crippen molar-refractivity contribution in [3.05, 3.63) is 35.4 Å². The molecule has 0 unspecified atom stereocenters. The van der Waals surface area contributed by atoms with E-state index in [1.165, 1.54) is 5.70 Å². The average molecular weight is 266 g/mol. The fourth-order valence-electron chi connectivity index (χ4n) is 2.26. The zero-order valence-corrected chi connectivity index (χ0v) is 13.4. The van der Waals surface area contributed by atoms with Crippen molar-refractivity contribution in [2.75, 3.05) is 6.54 Å². The molecule has 0 saturated carbocycles. The monoisotopic (exact) mass is 266 g/mol. The summed E-state index contributed by atoms with van der Waals surface area (Å²) in [4.78, 5) is 0. The lowest BCUT2D eigenvalue weighted by atomic mass is 10.2. The second-order valence-electron chi connectivity index (χ2n) is 6.68. The van der Waals surface area contributed by atoms with E-state index in [0.29, 0.717) is 16.9 Å². The highest BCUT2D eigenvalue weighted by Crippen LogP contribution is 2.60. The van der Waals surface area contributed by atoms with Crippen LogP contribution in [0, 0.1) is 0 Å². The molecule has 3 N–H and O–H groups in total. The number of allylic oxidation sites excluding steroid dienone is 3. The molecule has 0 bridgehead atoms. The van der Waals surface area contributed by atoms with Gasteiger partial charge in [-0.05, 0) is 28.3 Å². The molecule has 0 aromatic heterocycles. The van der Waals surface area contributed by atoms with Crippen molar-refractivity contribution >= 4 is 7.92 Å². The molecule has 3 heteroatoms. The van der Waals surface area contributed by atoms with Crippen LogP contribution in [0.3, 0.4) is 0 Å². The van der Waals surface area contributed by atoms with E-state index < -0.39 is 0 Å². The SMILES string of the molecule is CC(C)(C)P(/C=C1/C=CC=C(CN)N1)C(C)(C)C. The fraction of sp³-hybridized carbons (Fsp3) is 0.600. The summed E-state index contributed by atoms with van der Waals surface area (Å²) in [5, 5.41) is 4.02. The van der Waals surface area contributed by atoms with Gasteiger partial charge in [0, 0.05) is 17.9 Å². The summed E-state index contributed by atoms with van der Waals surface area (Å²) in [7, 11) is -0.233. The minimum atomic E-state index is -0.233. The van der Waals surface area contributed by atoms with Crippen molar-refractivity contribution in [3.8, 4) is 0 Å². The second kappa shape index (κ2) is 5.59. The predicted molar refractivity (Wildman–Crippen MR) is 83.9 cm³/mol. The summed E-state index contributed by atoms with van der Waals surface area (Å²) in [6.07, 6.45) is 6.24. The number of hydrogen-bond donors (Lipinski definition) is 2. The van der Waals surface area contributed by atoms with E-state index >= 15 is 0 Å². The van der Waals surface area contributed by atoms with Crippen molar-refractivity contribution in [1.82, 2.24) is 5.32 Å². The van der Waals surface area contributed by atoms with Gasteiger partial charge in [-0.25, -0.2) is 0 Å². The van der Waals surface area contributed by atoms with E-state index in [1.54, 1.807) is 0 Å². The van der Waals surface area contributed by atoms with E-state index in [-0.39, 0.29) is 7.92 Å². The van der Waals surface area contributed by atoms with Gasteiger partial charge >= 0.3 is 0 Å². The Morgan fingerprint density at radius 1 is 1.17 bits per heavy atom. The molecule has 0 atom stereocenters. The first-order valence-electron chi connectivity index (χ1n) is 6.50. The molecule has 2 nitrogen and oxygen atoms in total. The number of dihydropyridines is 1. The lowest BCUT2D eigenvalue weighted by Crippen LogP contribution is -2.26. The zero-order chi connectivity index (χ0) is 14.0. The Labute approximate surface area is 113 Å². The number of nitrogens with one attached hydrogen (secondary N) is 1. The van der Waals surface area contributed by atoms with E-state index in [2.05, 4.69) is 64.8 Å². The summed E-state index contributed by atoms with van der Waals surface area (Å²) >= 11 is 0. The Bertz CT molecular complexity index is 364. The van der Waals surface area contributed by atoms with Gasteiger partial charge in [-0.2, -0.15) is 0 Å². The predicted octanol–water partition coefficient (Wildman–Crippen LogP) is 3.91. The van der Waals surface area contributed by atoms with Crippen molar-refractivity contribution in [3.63, 3.8) is 0 Å². The maximum Gasteiger partial charge on any atom is 0.0387 e. The minimum Gasteiger partial charge on any atom is -0.358 e. The van der Waals surface area contributed by atoms with E-state index in [1.807, 2.05) is 6.08 Å². The lowest BCUT2D eigenvalue weighted by molar-refractivity contribution is 0.713. The summed E-state index contributed by atoms with van der Waals surface area (Å²) in [6, 6.07) is 0. The third kappa shape index (κ3) is 4.26. The normalized spacial score (nSPS) is 19.1. The molecule has 0 aromatic rings. The highest BCUT2D eigenvalue weighted by atomic mass is 31.1.